The molecule has 0 aliphatic rings. The van der Waals surface area contributed by atoms with E-state index in [1.54, 1.807) is 19.3 Å². The molecule has 1 aromatic carbocycles. The van der Waals surface area contributed by atoms with Gasteiger partial charge in [-0.3, -0.25) is 9.78 Å². The average Bonchev–Trinajstić information content (AvgIpc) is 2.53. The van der Waals surface area contributed by atoms with E-state index in [0.29, 0.717) is 12.5 Å². The van der Waals surface area contributed by atoms with E-state index in [0.717, 1.165) is 22.4 Å². The molecule has 0 aliphatic carbocycles. The summed E-state index contributed by atoms with van der Waals surface area (Å²) in [7, 11) is 0. The zero-order valence-corrected chi connectivity index (χ0v) is 14.2. The van der Waals surface area contributed by atoms with Gasteiger partial charge < -0.3 is 10.1 Å². The minimum Gasteiger partial charge on any atom is -0.481 e. The van der Waals surface area contributed by atoms with Gasteiger partial charge >= 0.3 is 0 Å². The summed E-state index contributed by atoms with van der Waals surface area (Å²) in [6, 6.07) is 9.89. The monoisotopic (exact) mass is 312 g/mol. The van der Waals surface area contributed by atoms with Crippen LogP contribution in [0, 0.1) is 6.92 Å². The number of benzene rings is 1. The maximum absolute atomic E-state index is 12.2. The van der Waals surface area contributed by atoms with Crippen LogP contribution in [-0.2, 0) is 11.3 Å². The number of pyridine rings is 1. The van der Waals surface area contributed by atoms with Crippen LogP contribution in [0.1, 0.15) is 43.4 Å². The molecular weight excluding hydrogens is 288 g/mol. The Balaban J connectivity index is 1.99. The predicted molar refractivity (Wildman–Crippen MR) is 91.4 cm³/mol. The van der Waals surface area contributed by atoms with Crippen LogP contribution in [0.2, 0.25) is 0 Å². The van der Waals surface area contributed by atoms with Gasteiger partial charge in [0.15, 0.2) is 6.10 Å². The third-order valence-corrected chi connectivity index (χ3v) is 3.65. The fourth-order valence-corrected chi connectivity index (χ4v) is 2.30. The molecular formula is C19H24N2O2. The van der Waals surface area contributed by atoms with E-state index in [1.165, 1.54) is 0 Å². The maximum atomic E-state index is 12.2. The third-order valence-electron chi connectivity index (χ3n) is 3.65. The van der Waals surface area contributed by atoms with Crippen LogP contribution in [0.4, 0.5) is 0 Å². The van der Waals surface area contributed by atoms with E-state index >= 15 is 0 Å². The standard InChI is InChI=1S/C19H24N2O2/c1-13(2)17-8-7-14(3)10-18(17)23-15(4)19(22)21-12-16-6-5-9-20-11-16/h5-11,13,15H,12H2,1-4H3,(H,21,22). The van der Waals surface area contributed by atoms with Crippen molar-refractivity contribution in [1.29, 1.82) is 0 Å². The highest BCUT2D eigenvalue weighted by Crippen LogP contribution is 2.28. The second-order valence-corrected chi connectivity index (χ2v) is 6.04. The molecule has 1 atom stereocenters. The second-order valence-electron chi connectivity index (χ2n) is 6.04. The Morgan fingerprint density at radius 3 is 2.70 bits per heavy atom. The smallest absolute Gasteiger partial charge is 0.261 e. The SMILES string of the molecule is Cc1ccc(C(C)C)c(OC(C)C(=O)NCc2cccnc2)c1. The van der Waals surface area contributed by atoms with Crippen LogP contribution in [0.15, 0.2) is 42.7 Å². The van der Waals surface area contributed by atoms with E-state index in [2.05, 4.69) is 36.3 Å². The summed E-state index contributed by atoms with van der Waals surface area (Å²) in [6.45, 7) is 8.47. The Kier molecular flexibility index (Phi) is 5.74. The van der Waals surface area contributed by atoms with Gasteiger partial charge in [0.1, 0.15) is 5.75 Å². The minimum absolute atomic E-state index is 0.134. The van der Waals surface area contributed by atoms with E-state index < -0.39 is 6.10 Å². The first kappa shape index (κ1) is 17.0. The quantitative estimate of drug-likeness (QED) is 0.886. The number of carbonyl (C=O) groups excluding carboxylic acids is 1. The minimum atomic E-state index is -0.550. The molecule has 0 fully saturated rings. The van der Waals surface area contributed by atoms with Gasteiger partial charge in [0, 0.05) is 18.9 Å². The van der Waals surface area contributed by atoms with Crippen molar-refractivity contribution in [3.8, 4) is 5.75 Å². The summed E-state index contributed by atoms with van der Waals surface area (Å²) in [4.78, 5) is 16.3. The van der Waals surface area contributed by atoms with Gasteiger partial charge in [-0.2, -0.15) is 0 Å². The number of hydrogen-bond donors (Lipinski definition) is 1. The van der Waals surface area contributed by atoms with Gasteiger partial charge in [-0.15, -0.1) is 0 Å². The van der Waals surface area contributed by atoms with E-state index in [4.69, 9.17) is 4.74 Å². The number of rotatable bonds is 6. The van der Waals surface area contributed by atoms with Crippen molar-refractivity contribution in [2.75, 3.05) is 0 Å². The lowest BCUT2D eigenvalue weighted by Gasteiger charge is -2.19. The Morgan fingerprint density at radius 2 is 2.04 bits per heavy atom. The summed E-state index contributed by atoms with van der Waals surface area (Å²) in [5, 5.41) is 2.88. The van der Waals surface area contributed by atoms with E-state index in [9.17, 15) is 4.79 Å². The van der Waals surface area contributed by atoms with Gasteiger partial charge in [0.2, 0.25) is 0 Å². The number of amides is 1. The molecule has 0 saturated carbocycles. The highest BCUT2D eigenvalue weighted by molar-refractivity contribution is 5.80. The van der Waals surface area contributed by atoms with Gasteiger partial charge in [-0.25, -0.2) is 0 Å². The Labute approximate surface area is 137 Å². The fraction of sp³-hybridized carbons (Fsp3) is 0.368. The fourth-order valence-electron chi connectivity index (χ4n) is 2.30. The highest BCUT2D eigenvalue weighted by atomic mass is 16.5. The molecule has 0 spiro atoms. The number of aromatic nitrogens is 1. The first-order valence-corrected chi connectivity index (χ1v) is 7.91. The summed E-state index contributed by atoms with van der Waals surface area (Å²) in [5.41, 5.74) is 3.20. The molecule has 122 valence electrons. The molecule has 2 aromatic rings. The normalized spacial score (nSPS) is 12.0. The van der Waals surface area contributed by atoms with Crippen molar-refractivity contribution >= 4 is 5.91 Å². The molecule has 0 bridgehead atoms. The van der Waals surface area contributed by atoms with Crippen molar-refractivity contribution in [2.45, 2.75) is 46.3 Å². The van der Waals surface area contributed by atoms with E-state index in [1.807, 2.05) is 25.1 Å². The summed E-state index contributed by atoms with van der Waals surface area (Å²) in [5.74, 6) is 0.991. The van der Waals surface area contributed by atoms with Gasteiger partial charge in [-0.1, -0.05) is 32.0 Å². The maximum Gasteiger partial charge on any atom is 0.261 e. The van der Waals surface area contributed by atoms with Crippen molar-refractivity contribution < 1.29 is 9.53 Å². The second kappa shape index (κ2) is 7.77. The largest absolute Gasteiger partial charge is 0.481 e. The Hall–Kier alpha value is -2.36. The summed E-state index contributed by atoms with van der Waals surface area (Å²) in [6.07, 6.45) is 2.90. The molecule has 1 amide bonds. The summed E-state index contributed by atoms with van der Waals surface area (Å²) < 4.78 is 5.91. The van der Waals surface area contributed by atoms with Crippen LogP contribution < -0.4 is 10.1 Å². The summed E-state index contributed by atoms with van der Waals surface area (Å²) >= 11 is 0. The molecule has 4 heteroatoms. The average molecular weight is 312 g/mol. The van der Waals surface area contributed by atoms with Crippen LogP contribution in [0.5, 0.6) is 5.75 Å². The van der Waals surface area contributed by atoms with Crippen molar-refractivity contribution in [3.63, 3.8) is 0 Å². The highest BCUT2D eigenvalue weighted by Gasteiger charge is 2.17. The molecule has 1 heterocycles. The van der Waals surface area contributed by atoms with E-state index in [-0.39, 0.29) is 5.91 Å². The zero-order valence-electron chi connectivity index (χ0n) is 14.2. The lowest BCUT2D eigenvalue weighted by Crippen LogP contribution is -2.36. The van der Waals surface area contributed by atoms with Crippen molar-refractivity contribution in [1.82, 2.24) is 10.3 Å². The van der Waals surface area contributed by atoms with Crippen LogP contribution >= 0.6 is 0 Å². The lowest BCUT2D eigenvalue weighted by molar-refractivity contribution is -0.127. The predicted octanol–water partition coefficient (Wildman–Crippen LogP) is 3.60. The van der Waals surface area contributed by atoms with Gasteiger partial charge in [0.25, 0.3) is 5.91 Å². The molecule has 0 aliphatic heterocycles. The molecule has 4 nitrogen and oxygen atoms in total. The number of hydrogen-bond acceptors (Lipinski definition) is 3. The zero-order chi connectivity index (χ0) is 16.8. The topological polar surface area (TPSA) is 51.2 Å². The molecule has 1 aromatic heterocycles. The van der Waals surface area contributed by atoms with Crippen LogP contribution in [0.25, 0.3) is 0 Å². The molecule has 0 saturated heterocycles. The Bertz CT molecular complexity index is 654. The molecule has 1 unspecified atom stereocenters. The first-order valence-electron chi connectivity index (χ1n) is 7.91. The van der Waals surface area contributed by atoms with Crippen molar-refractivity contribution in [3.05, 3.63) is 59.4 Å². The number of nitrogens with zero attached hydrogens (tertiary/aromatic N) is 1. The number of ether oxygens (including phenoxy) is 1. The third kappa shape index (κ3) is 4.81. The number of nitrogens with one attached hydrogen (secondary N) is 1. The molecule has 23 heavy (non-hydrogen) atoms. The molecule has 2 rings (SSSR count). The molecule has 1 N–H and O–H groups in total. The van der Waals surface area contributed by atoms with Gasteiger partial charge in [0.05, 0.1) is 0 Å². The first-order chi connectivity index (χ1) is 11.0. The number of carbonyl (C=O) groups is 1. The number of aryl methyl sites for hydroxylation is 1. The van der Waals surface area contributed by atoms with Crippen LogP contribution in [0.3, 0.4) is 0 Å². The lowest BCUT2D eigenvalue weighted by atomic mass is 10.0. The van der Waals surface area contributed by atoms with Crippen LogP contribution in [-0.4, -0.2) is 17.0 Å². The molecule has 0 radical (unpaired) electrons. The Morgan fingerprint density at radius 1 is 1.26 bits per heavy atom. The van der Waals surface area contributed by atoms with Crippen molar-refractivity contribution in [2.24, 2.45) is 0 Å². The van der Waals surface area contributed by atoms with Gasteiger partial charge in [-0.05, 0) is 48.6 Å².